The van der Waals surface area contributed by atoms with E-state index in [4.69, 9.17) is 11.6 Å². The first-order valence-corrected chi connectivity index (χ1v) is 13.5. The molecule has 2 aromatic rings. The van der Waals surface area contributed by atoms with Crippen molar-refractivity contribution in [3.63, 3.8) is 0 Å². The number of aryl methyl sites for hydroxylation is 1. The summed E-state index contributed by atoms with van der Waals surface area (Å²) < 4.78 is 26.1. The Morgan fingerprint density at radius 1 is 1.06 bits per heavy atom. The number of amides is 2. The number of sulfonamides is 1. The zero-order valence-corrected chi connectivity index (χ0v) is 22.0. The molecule has 0 fully saturated rings. The Morgan fingerprint density at radius 2 is 1.71 bits per heavy atom. The molecule has 0 spiro atoms. The molecule has 2 amide bonds. The van der Waals surface area contributed by atoms with E-state index in [1.165, 1.54) is 9.21 Å². The number of carbonyl (C=O) groups excluding carboxylic acids is 2. The van der Waals surface area contributed by atoms with Crippen LogP contribution in [-0.4, -0.2) is 50.0 Å². The van der Waals surface area contributed by atoms with Gasteiger partial charge in [0, 0.05) is 30.6 Å². The van der Waals surface area contributed by atoms with Crippen molar-refractivity contribution in [2.24, 2.45) is 0 Å². The molecule has 9 heteroatoms. The van der Waals surface area contributed by atoms with Crippen molar-refractivity contribution in [3.8, 4) is 0 Å². The summed E-state index contributed by atoms with van der Waals surface area (Å²) in [6, 6.07) is 13.6. The van der Waals surface area contributed by atoms with Crippen molar-refractivity contribution < 1.29 is 18.0 Å². The summed E-state index contributed by atoms with van der Waals surface area (Å²) in [5.74, 6) is -0.464. The van der Waals surface area contributed by atoms with Crippen LogP contribution in [-0.2, 0) is 26.2 Å². The summed E-state index contributed by atoms with van der Waals surface area (Å²) >= 11 is 5.98. The molecule has 34 heavy (non-hydrogen) atoms. The third-order valence-electron chi connectivity index (χ3n) is 5.31. The zero-order chi connectivity index (χ0) is 25.5. The van der Waals surface area contributed by atoms with E-state index in [0.29, 0.717) is 17.1 Å². The topological polar surface area (TPSA) is 86.8 Å². The van der Waals surface area contributed by atoms with Crippen LogP contribution in [0.25, 0.3) is 0 Å². The molecular formula is C25H34ClN3O4S. The molecule has 0 saturated carbocycles. The number of hydrogen-bond donors (Lipinski definition) is 1. The lowest BCUT2D eigenvalue weighted by Crippen LogP contribution is -2.49. The van der Waals surface area contributed by atoms with Crippen molar-refractivity contribution in [2.75, 3.05) is 17.1 Å². The summed E-state index contributed by atoms with van der Waals surface area (Å²) in [7, 11) is -3.52. The maximum Gasteiger partial charge on any atom is 0.242 e. The fraction of sp³-hybridized carbons (Fsp3) is 0.440. The molecule has 0 saturated heterocycles. The molecule has 7 nitrogen and oxygen atoms in total. The fourth-order valence-corrected chi connectivity index (χ4v) is 4.64. The lowest BCUT2D eigenvalue weighted by Gasteiger charge is -2.30. The van der Waals surface area contributed by atoms with Crippen LogP contribution in [0.2, 0.25) is 5.02 Å². The number of hydrogen-bond acceptors (Lipinski definition) is 4. The molecule has 0 radical (unpaired) electrons. The number of carbonyl (C=O) groups is 2. The molecule has 0 aromatic heterocycles. The molecule has 1 N–H and O–H groups in total. The third-order valence-corrected chi connectivity index (χ3v) is 6.75. The summed E-state index contributed by atoms with van der Waals surface area (Å²) in [6.07, 6.45) is 1.57. The predicted molar refractivity (Wildman–Crippen MR) is 137 cm³/mol. The first-order valence-electron chi connectivity index (χ1n) is 11.3. The van der Waals surface area contributed by atoms with Gasteiger partial charge in [-0.05, 0) is 69.5 Å². The highest BCUT2D eigenvalue weighted by molar-refractivity contribution is 7.92. The molecule has 0 aliphatic rings. The Labute approximate surface area is 208 Å². The minimum Gasteiger partial charge on any atom is -0.352 e. The summed E-state index contributed by atoms with van der Waals surface area (Å²) in [6.45, 7) is 7.72. The van der Waals surface area contributed by atoms with Crippen molar-refractivity contribution in [1.82, 2.24) is 10.2 Å². The Kier molecular flexibility index (Phi) is 9.94. The SMILES string of the molecule is Cc1cccc(N(CCCC(=O)N(Cc2ccc(Cl)cc2)[C@@H](C)C(=O)NC(C)C)S(C)(=O)=O)c1. The van der Waals surface area contributed by atoms with Gasteiger partial charge in [-0.2, -0.15) is 0 Å². The van der Waals surface area contributed by atoms with Crippen molar-refractivity contribution in [3.05, 3.63) is 64.7 Å². The van der Waals surface area contributed by atoms with Gasteiger partial charge in [-0.25, -0.2) is 8.42 Å². The average Bonchev–Trinajstić information content (AvgIpc) is 2.74. The second-order valence-electron chi connectivity index (χ2n) is 8.77. The van der Waals surface area contributed by atoms with Crippen molar-refractivity contribution in [2.45, 2.75) is 59.2 Å². The van der Waals surface area contributed by atoms with E-state index in [9.17, 15) is 18.0 Å². The van der Waals surface area contributed by atoms with Gasteiger partial charge in [-0.3, -0.25) is 13.9 Å². The molecule has 1 atom stereocenters. The van der Waals surface area contributed by atoms with E-state index in [1.807, 2.05) is 39.0 Å². The Bertz CT molecular complexity index is 1090. The van der Waals surface area contributed by atoms with E-state index in [-0.39, 0.29) is 37.4 Å². The van der Waals surface area contributed by atoms with Gasteiger partial charge in [0.2, 0.25) is 21.8 Å². The number of nitrogens with one attached hydrogen (secondary N) is 1. The summed E-state index contributed by atoms with van der Waals surface area (Å²) in [5, 5.41) is 3.44. The quantitative estimate of drug-likeness (QED) is 0.495. The maximum absolute atomic E-state index is 13.2. The van der Waals surface area contributed by atoms with Crippen molar-refractivity contribution >= 4 is 39.1 Å². The van der Waals surface area contributed by atoms with Gasteiger partial charge in [-0.15, -0.1) is 0 Å². The minimum atomic E-state index is -3.52. The molecule has 0 aliphatic heterocycles. The first kappa shape index (κ1) is 27.7. The maximum atomic E-state index is 13.2. The van der Waals surface area contributed by atoms with Crippen LogP contribution in [0.3, 0.4) is 0 Å². The zero-order valence-electron chi connectivity index (χ0n) is 20.4. The second kappa shape index (κ2) is 12.2. The average molecular weight is 508 g/mol. The van der Waals surface area contributed by atoms with E-state index in [0.717, 1.165) is 17.4 Å². The lowest BCUT2D eigenvalue weighted by molar-refractivity contribution is -0.140. The minimum absolute atomic E-state index is 0.0555. The summed E-state index contributed by atoms with van der Waals surface area (Å²) in [4.78, 5) is 27.4. The monoisotopic (exact) mass is 507 g/mol. The Hall–Kier alpha value is -2.58. The standard InChI is InChI=1S/C25H34ClN3O4S/c1-18(2)27-25(31)20(4)28(17-21-11-13-22(26)14-12-21)24(30)10-7-15-29(34(5,32)33)23-9-6-8-19(3)16-23/h6,8-9,11-14,16,18,20H,7,10,15,17H2,1-5H3,(H,27,31)/t20-/m0/s1. The van der Waals surface area contributed by atoms with Gasteiger partial charge >= 0.3 is 0 Å². The van der Waals surface area contributed by atoms with Crippen LogP contribution < -0.4 is 9.62 Å². The van der Waals surface area contributed by atoms with Crippen LogP contribution in [0, 0.1) is 6.92 Å². The van der Waals surface area contributed by atoms with Crippen LogP contribution in [0.1, 0.15) is 44.7 Å². The second-order valence-corrected chi connectivity index (χ2v) is 11.1. The summed E-state index contributed by atoms with van der Waals surface area (Å²) in [5.41, 5.74) is 2.36. The highest BCUT2D eigenvalue weighted by Crippen LogP contribution is 2.20. The molecule has 0 unspecified atom stereocenters. The van der Waals surface area contributed by atoms with Gasteiger partial charge in [-0.1, -0.05) is 35.9 Å². The van der Waals surface area contributed by atoms with Crippen LogP contribution in [0.4, 0.5) is 5.69 Å². The van der Waals surface area contributed by atoms with Gasteiger partial charge in [0.05, 0.1) is 11.9 Å². The molecule has 0 heterocycles. The fourth-order valence-electron chi connectivity index (χ4n) is 3.56. The van der Waals surface area contributed by atoms with Gasteiger partial charge in [0.1, 0.15) is 6.04 Å². The number of rotatable bonds is 11. The van der Waals surface area contributed by atoms with Crippen LogP contribution >= 0.6 is 11.6 Å². The normalized spacial score (nSPS) is 12.3. The van der Waals surface area contributed by atoms with Crippen LogP contribution in [0.5, 0.6) is 0 Å². The Balaban J connectivity index is 2.16. The van der Waals surface area contributed by atoms with E-state index in [2.05, 4.69) is 5.32 Å². The van der Waals surface area contributed by atoms with Gasteiger partial charge in [0.15, 0.2) is 0 Å². The molecule has 0 bridgehead atoms. The number of halogens is 1. The van der Waals surface area contributed by atoms with E-state index in [1.54, 1.807) is 37.3 Å². The lowest BCUT2D eigenvalue weighted by atomic mass is 10.1. The highest BCUT2D eigenvalue weighted by atomic mass is 35.5. The molecule has 0 aliphatic carbocycles. The molecule has 2 aromatic carbocycles. The molecular weight excluding hydrogens is 474 g/mol. The first-order chi connectivity index (χ1) is 15.9. The van der Waals surface area contributed by atoms with E-state index >= 15 is 0 Å². The Morgan fingerprint density at radius 3 is 2.26 bits per heavy atom. The molecule has 186 valence electrons. The number of nitrogens with zero attached hydrogens (tertiary/aromatic N) is 2. The van der Waals surface area contributed by atoms with Crippen LogP contribution in [0.15, 0.2) is 48.5 Å². The highest BCUT2D eigenvalue weighted by Gasteiger charge is 2.27. The van der Waals surface area contributed by atoms with E-state index < -0.39 is 16.1 Å². The van der Waals surface area contributed by atoms with Gasteiger partial charge in [0.25, 0.3) is 0 Å². The largest absolute Gasteiger partial charge is 0.352 e. The van der Waals surface area contributed by atoms with Gasteiger partial charge < -0.3 is 10.2 Å². The molecule has 2 rings (SSSR count). The smallest absolute Gasteiger partial charge is 0.242 e. The third kappa shape index (κ3) is 8.33. The number of benzene rings is 2. The number of anilines is 1. The predicted octanol–water partition coefficient (Wildman–Crippen LogP) is 4.14. The van der Waals surface area contributed by atoms with Crippen molar-refractivity contribution in [1.29, 1.82) is 0 Å².